The topological polar surface area (TPSA) is 58.6 Å². The second-order valence-corrected chi connectivity index (χ2v) is 5.43. The van der Waals surface area contributed by atoms with Crippen molar-refractivity contribution in [3.63, 3.8) is 0 Å². The molecule has 0 aliphatic rings. The Hall–Kier alpha value is -2.82. The summed E-state index contributed by atoms with van der Waals surface area (Å²) in [4.78, 5) is 25.5. The molecule has 0 unspecified atom stereocenters. The number of carbonyl (C=O) groups excluding carboxylic acids is 2. The third-order valence-corrected chi connectivity index (χ3v) is 3.65. The predicted molar refractivity (Wildman–Crippen MR) is 94.2 cm³/mol. The average Bonchev–Trinajstić information content (AvgIpc) is 2.60. The van der Waals surface area contributed by atoms with E-state index in [9.17, 15) is 9.59 Å². The van der Waals surface area contributed by atoms with Crippen molar-refractivity contribution < 1.29 is 14.3 Å². The van der Waals surface area contributed by atoms with E-state index in [1.165, 1.54) is 6.92 Å². The average molecular weight is 326 g/mol. The van der Waals surface area contributed by atoms with E-state index in [1.807, 2.05) is 31.2 Å². The molecule has 0 heterocycles. The van der Waals surface area contributed by atoms with E-state index in [2.05, 4.69) is 5.32 Å². The molecular weight excluding hydrogens is 304 g/mol. The molecule has 2 aromatic carbocycles. The molecule has 0 fully saturated rings. The van der Waals surface area contributed by atoms with Gasteiger partial charge in [-0.2, -0.15) is 0 Å². The molecule has 0 saturated heterocycles. The van der Waals surface area contributed by atoms with E-state index in [4.69, 9.17) is 4.74 Å². The van der Waals surface area contributed by atoms with Crippen LogP contribution in [-0.4, -0.2) is 30.4 Å². The molecule has 2 aromatic rings. The smallest absolute Gasteiger partial charge is 0.254 e. The van der Waals surface area contributed by atoms with Crippen molar-refractivity contribution in [3.8, 4) is 5.75 Å². The molecular formula is C19H22N2O3. The van der Waals surface area contributed by atoms with E-state index < -0.39 is 0 Å². The fourth-order valence-corrected chi connectivity index (χ4v) is 2.36. The minimum atomic E-state index is -0.135. The number of nitrogens with zero attached hydrogens (tertiary/aromatic N) is 1. The summed E-state index contributed by atoms with van der Waals surface area (Å²) in [5.41, 5.74) is 2.32. The molecule has 0 saturated carbocycles. The molecule has 2 amide bonds. The Labute approximate surface area is 142 Å². The van der Waals surface area contributed by atoms with E-state index in [1.54, 1.807) is 36.3 Å². The third-order valence-electron chi connectivity index (χ3n) is 3.65. The highest BCUT2D eigenvalue weighted by Gasteiger charge is 2.14. The Morgan fingerprint density at radius 2 is 1.67 bits per heavy atom. The van der Waals surface area contributed by atoms with E-state index in [0.29, 0.717) is 24.3 Å². The second kappa shape index (κ2) is 8.15. The molecule has 1 N–H and O–H groups in total. The molecule has 0 aliphatic carbocycles. The van der Waals surface area contributed by atoms with Gasteiger partial charge in [0.2, 0.25) is 5.91 Å². The van der Waals surface area contributed by atoms with Gasteiger partial charge in [-0.3, -0.25) is 9.59 Å². The summed E-state index contributed by atoms with van der Waals surface area (Å²) in [6.07, 6.45) is 0. The summed E-state index contributed by atoms with van der Waals surface area (Å²) in [5.74, 6) is 0.619. The molecule has 0 atom stereocenters. The van der Waals surface area contributed by atoms with Gasteiger partial charge >= 0.3 is 0 Å². The zero-order valence-corrected chi connectivity index (χ0v) is 14.2. The van der Waals surface area contributed by atoms with Gasteiger partial charge in [0.05, 0.1) is 7.11 Å². The van der Waals surface area contributed by atoms with Crippen molar-refractivity contribution in [1.29, 1.82) is 0 Å². The molecule has 5 heteroatoms. The molecule has 0 spiro atoms. The first kappa shape index (κ1) is 17.5. The number of rotatable bonds is 6. The Bertz CT molecular complexity index is 694. The zero-order chi connectivity index (χ0) is 17.5. The molecule has 2 rings (SSSR count). The molecule has 126 valence electrons. The van der Waals surface area contributed by atoms with Crippen molar-refractivity contribution in [2.45, 2.75) is 20.4 Å². The number of hydrogen-bond acceptors (Lipinski definition) is 3. The van der Waals surface area contributed by atoms with Gasteiger partial charge in [0.15, 0.2) is 0 Å². The van der Waals surface area contributed by atoms with Crippen LogP contribution in [0.15, 0.2) is 48.5 Å². The number of nitrogens with one attached hydrogen (secondary N) is 1. The molecule has 5 nitrogen and oxygen atoms in total. The van der Waals surface area contributed by atoms with Crippen molar-refractivity contribution >= 4 is 17.5 Å². The lowest BCUT2D eigenvalue weighted by molar-refractivity contribution is -0.114. The number of carbonyl (C=O) groups is 2. The fraction of sp³-hybridized carbons (Fsp3) is 0.263. The van der Waals surface area contributed by atoms with Crippen LogP contribution in [0.3, 0.4) is 0 Å². The number of benzene rings is 2. The lowest BCUT2D eigenvalue weighted by Crippen LogP contribution is -2.30. The normalized spacial score (nSPS) is 10.1. The lowest BCUT2D eigenvalue weighted by Gasteiger charge is -2.21. The van der Waals surface area contributed by atoms with Crippen molar-refractivity contribution in [2.75, 3.05) is 19.0 Å². The summed E-state index contributed by atoms with van der Waals surface area (Å²) in [5, 5.41) is 2.69. The van der Waals surface area contributed by atoms with Gasteiger partial charge in [-0.1, -0.05) is 12.1 Å². The molecule has 24 heavy (non-hydrogen) atoms. The van der Waals surface area contributed by atoms with Gasteiger partial charge in [-0.05, 0) is 48.9 Å². The summed E-state index contributed by atoms with van der Waals surface area (Å²) in [6, 6.07) is 14.6. The highest BCUT2D eigenvalue weighted by molar-refractivity contribution is 5.95. The Morgan fingerprint density at radius 3 is 2.17 bits per heavy atom. The largest absolute Gasteiger partial charge is 0.497 e. The van der Waals surface area contributed by atoms with Crippen molar-refractivity contribution in [3.05, 3.63) is 59.7 Å². The van der Waals surface area contributed by atoms with Crippen LogP contribution < -0.4 is 10.1 Å². The van der Waals surface area contributed by atoms with Crippen LogP contribution in [0, 0.1) is 0 Å². The number of amides is 2. The van der Waals surface area contributed by atoms with Gasteiger partial charge in [-0.25, -0.2) is 0 Å². The summed E-state index contributed by atoms with van der Waals surface area (Å²) < 4.78 is 5.15. The summed E-state index contributed by atoms with van der Waals surface area (Å²) in [7, 11) is 1.63. The van der Waals surface area contributed by atoms with Crippen LogP contribution in [0.5, 0.6) is 5.75 Å². The summed E-state index contributed by atoms with van der Waals surface area (Å²) in [6.45, 7) is 4.55. The minimum absolute atomic E-state index is 0.0392. The minimum Gasteiger partial charge on any atom is -0.497 e. The van der Waals surface area contributed by atoms with Crippen LogP contribution in [0.4, 0.5) is 5.69 Å². The lowest BCUT2D eigenvalue weighted by atomic mass is 10.1. The predicted octanol–water partition coefficient (Wildman–Crippen LogP) is 3.32. The highest BCUT2D eigenvalue weighted by Crippen LogP contribution is 2.16. The second-order valence-electron chi connectivity index (χ2n) is 5.43. The van der Waals surface area contributed by atoms with E-state index in [-0.39, 0.29) is 11.8 Å². The summed E-state index contributed by atoms with van der Waals surface area (Å²) >= 11 is 0. The fourth-order valence-electron chi connectivity index (χ4n) is 2.36. The Morgan fingerprint density at radius 1 is 1.04 bits per heavy atom. The van der Waals surface area contributed by atoms with Crippen molar-refractivity contribution in [2.24, 2.45) is 0 Å². The Kier molecular flexibility index (Phi) is 5.95. The van der Waals surface area contributed by atoms with Crippen LogP contribution in [0.1, 0.15) is 29.8 Å². The SMILES string of the molecule is CCN(Cc1ccc(OC)cc1)C(=O)c1ccc(NC(C)=O)cc1. The number of anilines is 1. The maximum Gasteiger partial charge on any atom is 0.254 e. The van der Waals surface area contributed by atoms with Crippen LogP contribution in [0.2, 0.25) is 0 Å². The number of methoxy groups -OCH3 is 1. The molecule has 0 aromatic heterocycles. The van der Waals surface area contributed by atoms with E-state index >= 15 is 0 Å². The number of ether oxygens (including phenoxy) is 1. The van der Waals surface area contributed by atoms with Gasteiger partial charge in [0.25, 0.3) is 5.91 Å². The van der Waals surface area contributed by atoms with Crippen molar-refractivity contribution in [1.82, 2.24) is 4.90 Å². The first-order chi connectivity index (χ1) is 11.5. The molecule has 0 aliphatic heterocycles. The highest BCUT2D eigenvalue weighted by atomic mass is 16.5. The van der Waals surface area contributed by atoms with Gasteiger partial charge in [-0.15, -0.1) is 0 Å². The maximum atomic E-state index is 12.7. The maximum absolute atomic E-state index is 12.7. The van der Waals surface area contributed by atoms with E-state index in [0.717, 1.165) is 11.3 Å². The molecule has 0 bridgehead atoms. The molecule has 0 radical (unpaired) electrons. The Balaban J connectivity index is 2.08. The van der Waals surface area contributed by atoms with Crippen LogP contribution in [0.25, 0.3) is 0 Å². The zero-order valence-electron chi connectivity index (χ0n) is 14.2. The van der Waals surface area contributed by atoms with Gasteiger partial charge in [0, 0.05) is 31.3 Å². The number of hydrogen-bond donors (Lipinski definition) is 1. The standard InChI is InChI=1S/C19H22N2O3/c1-4-21(13-15-5-11-18(24-3)12-6-15)19(23)16-7-9-17(10-8-16)20-14(2)22/h5-12H,4,13H2,1-3H3,(H,20,22). The van der Waals surface area contributed by atoms with Crippen LogP contribution in [-0.2, 0) is 11.3 Å². The first-order valence-electron chi connectivity index (χ1n) is 7.83. The van der Waals surface area contributed by atoms with Gasteiger partial charge in [0.1, 0.15) is 5.75 Å². The third kappa shape index (κ3) is 4.59. The quantitative estimate of drug-likeness (QED) is 0.886. The van der Waals surface area contributed by atoms with Gasteiger partial charge < -0.3 is 15.0 Å². The first-order valence-corrected chi connectivity index (χ1v) is 7.83. The monoisotopic (exact) mass is 326 g/mol. The van der Waals surface area contributed by atoms with Crippen LogP contribution >= 0.6 is 0 Å².